The van der Waals surface area contributed by atoms with Crippen LogP contribution in [0.3, 0.4) is 0 Å². The van der Waals surface area contributed by atoms with Gasteiger partial charge >= 0.3 is 0 Å². The Morgan fingerprint density at radius 2 is 2.21 bits per heavy atom. The molecule has 1 aromatic heterocycles. The maximum absolute atomic E-state index is 13.5. The van der Waals surface area contributed by atoms with Crippen LogP contribution in [-0.4, -0.2) is 10.9 Å². The quantitative estimate of drug-likeness (QED) is 0.909. The summed E-state index contributed by atoms with van der Waals surface area (Å²) in [5.41, 5.74) is 5.81. The van der Waals surface area contributed by atoms with Crippen LogP contribution in [0.5, 0.6) is 0 Å². The molecule has 100 valence electrons. The van der Waals surface area contributed by atoms with Gasteiger partial charge in [0.1, 0.15) is 17.3 Å². The summed E-state index contributed by atoms with van der Waals surface area (Å²) in [6.45, 7) is 1.60. The van der Waals surface area contributed by atoms with Gasteiger partial charge in [-0.2, -0.15) is 0 Å². The Morgan fingerprint density at radius 3 is 2.79 bits per heavy atom. The van der Waals surface area contributed by atoms with Crippen molar-refractivity contribution in [1.82, 2.24) is 10.3 Å². The Labute approximate surface area is 112 Å². The Balaban J connectivity index is 2.12. The fourth-order valence-corrected chi connectivity index (χ4v) is 2.14. The highest BCUT2D eigenvalue weighted by molar-refractivity contribution is 7.13. The van der Waals surface area contributed by atoms with E-state index in [2.05, 4.69) is 10.3 Å². The van der Waals surface area contributed by atoms with Crippen molar-refractivity contribution in [3.63, 3.8) is 0 Å². The number of anilines is 1. The van der Waals surface area contributed by atoms with Crippen molar-refractivity contribution in [1.29, 1.82) is 0 Å². The zero-order valence-corrected chi connectivity index (χ0v) is 10.8. The summed E-state index contributed by atoms with van der Waals surface area (Å²) in [6.07, 6.45) is 0. The average molecular weight is 283 g/mol. The van der Waals surface area contributed by atoms with Gasteiger partial charge in [0.15, 0.2) is 5.13 Å². The third kappa shape index (κ3) is 3.05. The van der Waals surface area contributed by atoms with Crippen molar-refractivity contribution >= 4 is 22.4 Å². The van der Waals surface area contributed by atoms with Crippen LogP contribution in [-0.2, 0) is 0 Å². The number of nitrogens with zero attached hydrogens (tertiary/aromatic N) is 1. The molecule has 0 bridgehead atoms. The van der Waals surface area contributed by atoms with E-state index in [0.717, 1.165) is 23.5 Å². The molecule has 7 heteroatoms. The highest BCUT2D eigenvalue weighted by atomic mass is 32.1. The normalized spacial score (nSPS) is 12.2. The molecule has 0 aliphatic rings. The number of rotatable bonds is 3. The van der Waals surface area contributed by atoms with Crippen LogP contribution in [0.15, 0.2) is 23.6 Å². The summed E-state index contributed by atoms with van der Waals surface area (Å²) in [6, 6.07) is 2.61. The number of aromatic nitrogens is 1. The van der Waals surface area contributed by atoms with Gasteiger partial charge in [0.05, 0.1) is 6.04 Å². The molecule has 4 nitrogen and oxygen atoms in total. The van der Waals surface area contributed by atoms with Crippen molar-refractivity contribution in [2.24, 2.45) is 0 Å². The largest absolute Gasteiger partial charge is 0.375 e. The number of benzene rings is 1. The molecule has 0 saturated heterocycles. The van der Waals surface area contributed by atoms with E-state index < -0.39 is 23.6 Å². The molecule has 19 heavy (non-hydrogen) atoms. The lowest BCUT2D eigenvalue weighted by molar-refractivity contribution is 0.0935. The third-order valence-electron chi connectivity index (χ3n) is 2.53. The van der Waals surface area contributed by atoms with Gasteiger partial charge in [-0.3, -0.25) is 4.79 Å². The van der Waals surface area contributed by atoms with Gasteiger partial charge in [-0.05, 0) is 13.0 Å². The minimum absolute atomic E-state index is 0.178. The van der Waals surface area contributed by atoms with E-state index in [1.54, 1.807) is 6.92 Å². The van der Waals surface area contributed by atoms with Crippen LogP contribution in [0.4, 0.5) is 13.9 Å². The fraction of sp³-hybridized carbons (Fsp3) is 0.167. The minimum atomic E-state index is -0.703. The Bertz CT molecular complexity index is 615. The number of nitrogens with two attached hydrogens (primary N) is 1. The monoisotopic (exact) mass is 283 g/mol. The second-order valence-electron chi connectivity index (χ2n) is 3.93. The van der Waals surface area contributed by atoms with E-state index >= 15 is 0 Å². The summed E-state index contributed by atoms with van der Waals surface area (Å²) in [4.78, 5) is 15.6. The Hall–Kier alpha value is -2.02. The number of hydrogen-bond donors (Lipinski definition) is 2. The van der Waals surface area contributed by atoms with Crippen LogP contribution >= 0.6 is 11.3 Å². The first-order valence-corrected chi connectivity index (χ1v) is 6.32. The van der Waals surface area contributed by atoms with Gasteiger partial charge in [0, 0.05) is 17.0 Å². The average Bonchev–Trinajstić information content (AvgIpc) is 2.75. The second kappa shape index (κ2) is 5.31. The van der Waals surface area contributed by atoms with Gasteiger partial charge in [-0.25, -0.2) is 13.8 Å². The maximum atomic E-state index is 13.5. The molecular formula is C12H11F2N3OS. The molecule has 1 amide bonds. The molecule has 2 rings (SSSR count). The molecule has 1 aromatic carbocycles. The van der Waals surface area contributed by atoms with E-state index in [9.17, 15) is 13.6 Å². The number of nitrogens with one attached hydrogen (secondary N) is 1. The van der Waals surface area contributed by atoms with Gasteiger partial charge in [0.25, 0.3) is 5.91 Å². The van der Waals surface area contributed by atoms with Crippen molar-refractivity contribution < 1.29 is 13.6 Å². The molecule has 0 saturated carbocycles. The summed E-state index contributed by atoms with van der Waals surface area (Å²) in [7, 11) is 0. The summed E-state index contributed by atoms with van der Waals surface area (Å²) in [5.74, 6) is -1.82. The topological polar surface area (TPSA) is 68.0 Å². The predicted molar refractivity (Wildman–Crippen MR) is 68.8 cm³/mol. The molecule has 2 aromatic rings. The summed E-state index contributed by atoms with van der Waals surface area (Å²) in [5, 5.41) is 4.37. The number of carbonyl (C=O) groups excluding carboxylic acids is 1. The first-order chi connectivity index (χ1) is 8.97. The van der Waals surface area contributed by atoms with Crippen LogP contribution < -0.4 is 11.1 Å². The summed E-state index contributed by atoms with van der Waals surface area (Å²) < 4.78 is 26.3. The van der Waals surface area contributed by atoms with E-state index in [1.165, 1.54) is 11.4 Å². The lowest BCUT2D eigenvalue weighted by Crippen LogP contribution is -2.27. The van der Waals surface area contributed by atoms with Gasteiger partial charge in [-0.1, -0.05) is 6.07 Å². The van der Waals surface area contributed by atoms with Gasteiger partial charge in [-0.15, -0.1) is 11.3 Å². The van der Waals surface area contributed by atoms with Gasteiger partial charge < -0.3 is 11.1 Å². The van der Waals surface area contributed by atoms with Crippen molar-refractivity contribution in [2.45, 2.75) is 13.0 Å². The molecule has 0 radical (unpaired) electrons. The molecule has 1 unspecified atom stereocenters. The molecule has 3 N–H and O–H groups in total. The molecule has 0 spiro atoms. The SMILES string of the molecule is CC(NC(=O)c1csc(N)n1)c1ccc(F)cc1F. The minimum Gasteiger partial charge on any atom is -0.375 e. The van der Waals surface area contributed by atoms with Gasteiger partial charge in [0.2, 0.25) is 0 Å². The first-order valence-electron chi connectivity index (χ1n) is 5.44. The Morgan fingerprint density at radius 1 is 1.47 bits per heavy atom. The number of nitrogen functional groups attached to an aromatic ring is 1. The highest BCUT2D eigenvalue weighted by Gasteiger charge is 2.16. The number of halogens is 2. The number of carbonyl (C=O) groups is 1. The van der Waals surface area contributed by atoms with Crippen LogP contribution in [0.1, 0.15) is 29.0 Å². The predicted octanol–water partition coefficient (Wildman–Crippen LogP) is 2.49. The fourth-order valence-electron chi connectivity index (χ4n) is 1.59. The molecule has 1 heterocycles. The smallest absolute Gasteiger partial charge is 0.271 e. The number of thiazole rings is 1. The number of hydrogen-bond acceptors (Lipinski definition) is 4. The van der Waals surface area contributed by atoms with E-state index in [1.807, 2.05) is 0 Å². The van der Waals surface area contributed by atoms with Crippen molar-refractivity contribution in [2.75, 3.05) is 5.73 Å². The lowest BCUT2D eigenvalue weighted by atomic mass is 10.1. The second-order valence-corrected chi connectivity index (χ2v) is 4.82. The molecule has 0 aliphatic carbocycles. The molecule has 0 aliphatic heterocycles. The van der Waals surface area contributed by atoms with Crippen LogP contribution in [0.2, 0.25) is 0 Å². The van der Waals surface area contributed by atoms with Crippen LogP contribution in [0.25, 0.3) is 0 Å². The number of amides is 1. The highest BCUT2D eigenvalue weighted by Crippen LogP contribution is 2.19. The van der Waals surface area contributed by atoms with E-state index in [-0.39, 0.29) is 16.4 Å². The van der Waals surface area contributed by atoms with Crippen molar-refractivity contribution in [3.05, 3.63) is 46.5 Å². The lowest BCUT2D eigenvalue weighted by Gasteiger charge is -2.14. The van der Waals surface area contributed by atoms with E-state index in [0.29, 0.717) is 0 Å². The molecule has 1 atom stereocenters. The molecule has 0 fully saturated rings. The molecular weight excluding hydrogens is 272 g/mol. The standard InChI is InChI=1S/C12H11F2N3OS/c1-6(8-3-2-7(13)4-9(8)14)16-11(18)10-5-19-12(15)17-10/h2-6H,1H3,(H2,15,17)(H,16,18). The van der Waals surface area contributed by atoms with Crippen LogP contribution in [0, 0.1) is 11.6 Å². The van der Waals surface area contributed by atoms with Crippen molar-refractivity contribution in [3.8, 4) is 0 Å². The first kappa shape index (κ1) is 13.4. The van der Waals surface area contributed by atoms with E-state index in [4.69, 9.17) is 5.73 Å². The summed E-state index contributed by atoms with van der Waals surface area (Å²) >= 11 is 1.14. The maximum Gasteiger partial charge on any atom is 0.271 e. The zero-order chi connectivity index (χ0) is 14.0. The third-order valence-corrected chi connectivity index (χ3v) is 3.21. The zero-order valence-electron chi connectivity index (χ0n) is 9.98. The Kier molecular flexibility index (Phi) is 3.75.